The van der Waals surface area contributed by atoms with Gasteiger partial charge >= 0.3 is 0 Å². The summed E-state index contributed by atoms with van der Waals surface area (Å²) in [6.45, 7) is 0. The molecule has 0 aliphatic heterocycles. The number of amides is 1. The smallest absolute Gasteiger partial charge is 0.274 e. The number of carbonyl (C=O) groups is 1. The largest absolute Gasteiger partial charge is 0.321 e. The topological polar surface area (TPSA) is 59.8 Å². The number of nitrogens with one attached hydrogen (secondary N) is 1. The maximum Gasteiger partial charge on any atom is 0.274 e. The van der Waals surface area contributed by atoms with Crippen molar-refractivity contribution >= 4 is 50.7 Å². The monoisotopic (exact) mass is 410 g/mol. The number of aromatic nitrogens is 3. The second-order valence-electron chi connectivity index (χ2n) is 4.53. The highest BCUT2D eigenvalue weighted by atomic mass is 79.9. The summed E-state index contributed by atoms with van der Waals surface area (Å²) in [6, 6.07) is 11.8. The van der Waals surface area contributed by atoms with Crippen LogP contribution in [-0.2, 0) is 0 Å². The van der Waals surface area contributed by atoms with E-state index in [0.717, 1.165) is 0 Å². The highest BCUT2D eigenvalue weighted by Crippen LogP contribution is 2.22. The minimum Gasteiger partial charge on any atom is -0.321 e. The van der Waals surface area contributed by atoms with Crippen LogP contribution in [0, 0.1) is 0 Å². The van der Waals surface area contributed by atoms with Gasteiger partial charge in [0.05, 0.1) is 5.02 Å². The van der Waals surface area contributed by atoms with Crippen molar-refractivity contribution in [2.24, 2.45) is 0 Å². The lowest BCUT2D eigenvalue weighted by Gasteiger charge is -2.08. The first-order valence-corrected chi connectivity index (χ1v) is 8.03. The Morgan fingerprint density at radius 1 is 1.17 bits per heavy atom. The highest BCUT2D eigenvalue weighted by molar-refractivity contribution is 9.10. The van der Waals surface area contributed by atoms with E-state index < -0.39 is 0 Å². The number of hydrogen-bond donors (Lipinski definition) is 1. The molecule has 0 aliphatic carbocycles. The Morgan fingerprint density at radius 3 is 2.61 bits per heavy atom. The first-order valence-electron chi connectivity index (χ1n) is 6.48. The van der Waals surface area contributed by atoms with Crippen molar-refractivity contribution < 1.29 is 4.79 Å². The Morgan fingerprint density at radius 2 is 1.91 bits per heavy atom. The number of carbonyl (C=O) groups excluding carboxylic acids is 1. The Labute approximate surface area is 150 Å². The maximum atomic E-state index is 12.5. The number of pyridine rings is 1. The van der Waals surface area contributed by atoms with Gasteiger partial charge < -0.3 is 5.32 Å². The number of benzene rings is 1. The SMILES string of the molecule is O=C(Nc1ccc(Cl)cc1)c1cc(Br)nn1-c1ncccc1Cl. The standard InChI is InChI=1S/C15H9BrCl2N4O/c16-13-8-12(15(23)20-10-5-3-9(17)4-6-10)22(21-13)14-11(18)2-1-7-19-14/h1-8H,(H,20,23). The predicted molar refractivity (Wildman–Crippen MR) is 93.5 cm³/mol. The molecule has 3 aromatic rings. The van der Waals surface area contributed by atoms with Crippen LogP contribution in [0.15, 0.2) is 53.3 Å². The van der Waals surface area contributed by atoms with Crippen LogP contribution >= 0.6 is 39.1 Å². The predicted octanol–water partition coefficient (Wildman–Crippen LogP) is 4.59. The summed E-state index contributed by atoms with van der Waals surface area (Å²) < 4.78 is 1.89. The highest BCUT2D eigenvalue weighted by Gasteiger charge is 2.18. The van der Waals surface area contributed by atoms with Crippen LogP contribution in [0.2, 0.25) is 10.0 Å². The fourth-order valence-corrected chi connectivity index (χ4v) is 2.64. The molecule has 1 N–H and O–H groups in total. The van der Waals surface area contributed by atoms with Gasteiger partial charge in [0.25, 0.3) is 5.91 Å². The molecular weight excluding hydrogens is 403 g/mol. The first-order chi connectivity index (χ1) is 11.0. The zero-order valence-corrected chi connectivity index (χ0v) is 14.6. The number of nitrogens with zero attached hydrogens (tertiary/aromatic N) is 3. The van der Waals surface area contributed by atoms with Gasteiger partial charge in [0.2, 0.25) is 0 Å². The molecule has 0 saturated heterocycles. The summed E-state index contributed by atoms with van der Waals surface area (Å²) >= 11 is 15.2. The Hall–Kier alpha value is -1.89. The lowest BCUT2D eigenvalue weighted by molar-refractivity contribution is 0.101. The summed E-state index contributed by atoms with van der Waals surface area (Å²) in [6.07, 6.45) is 1.58. The molecule has 23 heavy (non-hydrogen) atoms. The molecule has 5 nitrogen and oxygen atoms in total. The molecule has 0 saturated carbocycles. The van der Waals surface area contributed by atoms with E-state index in [4.69, 9.17) is 23.2 Å². The minimum absolute atomic E-state index is 0.299. The zero-order valence-electron chi connectivity index (χ0n) is 11.5. The maximum absolute atomic E-state index is 12.5. The van der Waals surface area contributed by atoms with E-state index >= 15 is 0 Å². The van der Waals surface area contributed by atoms with E-state index in [2.05, 4.69) is 31.3 Å². The van der Waals surface area contributed by atoms with Crippen molar-refractivity contribution in [3.05, 3.63) is 69.0 Å². The zero-order chi connectivity index (χ0) is 16.4. The van der Waals surface area contributed by atoms with Gasteiger partial charge in [-0.15, -0.1) is 0 Å². The van der Waals surface area contributed by atoms with Crippen LogP contribution in [0.4, 0.5) is 5.69 Å². The summed E-state index contributed by atoms with van der Waals surface area (Å²) in [4.78, 5) is 16.7. The molecule has 0 radical (unpaired) electrons. The number of halogens is 3. The molecule has 8 heteroatoms. The van der Waals surface area contributed by atoms with Crippen molar-refractivity contribution in [2.45, 2.75) is 0 Å². The molecule has 2 aromatic heterocycles. The molecule has 0 fully saturated rings. The normalized spacial score (nSPS) is 10.6. The van der Waals surface area contributed by atoms with Gasteiger partial charge in [-0.2, -0.15) is 5.10 Å². The third-order valence-electron chi connectivity index (χ3n) is 2.95. The molecule has 0 bridgehead atoms. The van der Waals surface area contributed by atoms with Gasteiger partial charge in [-0.3, -0.25) is 4.79 Å². The number of anilines is 1. The van der Waals surface area contributed by atoms with Crippen molar-refractivity contribution in [1.82, 2.24) is 14.8 Å². The van der Waals surface area contributed by atoms with Crippen LogP contribution < -0.4 is 5.32 Å². The fourth-order valence-electron chi connectivity index (χ4n) is 1.94. The molecular formula is C15H9BrCl2N4O. The van der Waals surface area contributed by atoms with Crippen molar-refractivity contribution in [1.29, 1.82) is 0 Å². The number of hydrogen-bond acceptors (Lipinski definition) is 3. The average molecular weight is 412 g/mol. The van der Waals surface area contributed by atoms with E-state index in [9.17, 15) is 4.79 Å². The van der Waals surface area contributed by atoms with Gasteiger partial charge in [0, 0.05) is 23.0 Å². The summed E-state index contributed by atoms with van der Waals surface area (Å²) in [7, 11) is 0. The minimum atomic E-state index is -0.341. The van der Waals surface area contributed by atoms with E-state index in [-0.39, 0.29) is 5.91 Å². The average Bonchev–Trinajstić information content (AvgIpc) is 2.92. The Kier molecular flexibility index (Phi) is 4.66. The van der Waals surface area contributed by atoms with Gasteiger partial charge in [0.15, 0.2) is 5.82 Å². The fraction of sp³-hybridized carbons (Fsp3) is 0. The Balaban J connectivity index is 1.95. The second kappa shape index (κ2) is 6.70. The van der Waals surface area contributed by atoms with Gasteiger partial charge in [-0.25, -0.2) is 9.67 Å². The third-order valence-corrected chi connectivity index (χ3v) is 3.89. The van der Waals surface area contributed by atoms with Gasteiger partial charge in [-0.1, -0.05) is 23.2 Å². The molecule has 116 valence electrons. The molecule has 0 atom stereocenters. The summed E-state index contributed by atoms with van der Waals surface area (Å²) in [5.74, 6) is 0.0355. The lowest BCUT2D eigenvalue weighted by atomic mass is 10.3. The number of rotatable bonds is 3. The van der Waals surface area contributed by atoms with Crippen molar-refractivity contribution in [2.75, 3.05) is 5.32 Å². The lowest BCUT2D eigenvalue weighted by Crippen LogP contribution is -2.17. The quantitative estimate of drug-likeness (QED) is 0.685. The van der Waals surface area contributed by atoms with E-state index in [1.807, 2.05) is 0 Å². The molecule has 0 unspecified atom stereocenters. The summed E-state index contributed by atoms with van der Waals surface area (Å²) in [5.41, 5.74) is 0.919. The molecule has 1 aromatic carbocycles. The molecule has 2 heterocycles. The van der Waals surface area contributed by atoms with Crippen LogP contribution in [0.3, 0.4) is 0 Å². The van der Waals surface area contributed by atoms with Crippen LogP contribution in [0.5, 0.6) is 0 Å². The molecule has 3 rings (SSSR count). The van der Waals surface area contributed by atoms with Crippen LogP contribution in [0.25, 0.3) is 5.82 Å². The van der Waals surface area contributed by atoms with Gasteiger partial charge in [0.1, 0.15) is 10.3 Å². The van der Waals surface area contributed by atoms with Crippen molar-refractivity contribution in [3.63, 3.8) is 0 Å². The summed E-state index contributed by atoms with van der Waals surface area (Å²) in [5, 5.41) is 7.99. The van der Waals surface area contributed by atoms with Crippen molar-refractivity contribution in [3.8, 4) is 5.82 Å². The van der Waals surface area contributed by atoms with E-state index in [0.29, 0.717) is 31.8 Å². The molecule has 0 spiro atoms. The first kappa shape index (κ1) is 16.0. The third kappa shape index (κ3) is 3.55. The Bertz CT molecular complexity index is 864. The van der Waals surface area contributed by atoms with E-state index in [1.54, 1.807) is 48.7 Å². The van der Waals surface area contributed by atoms with E-state index in [1.165, 1.54) is 4.68 Å². The molecule has 0 aliphatic rings. The molecule has 1 amide bonds. The second-order valence-corrected chi connectivity index (χ2v) is 6.19. The van der Waals surface area contributed by atoms with Crippen LogP contribution in [0.1, 0.15) is 10.5 Å². The van der Waals surface area contributed by atoms with Gasteiger partial charge in [-0.05, 0) is 52.3 Å². The van der Waals surface area contributed by atoms with Crippen LogP contribution in [-0.4, -0.2) is 20.7 Å².